The summed E-state index contributed by atoms with van der Waals surface area (Å²) in [5.74, 6) is 2.47. The Morgan fingerprint density at radius 2 is 1.32 bits per heavy atom. The fourth-order valence-electron chi connectivity index (χ4n) is 1.45. The van der Waals surface area contributed by atoms with Gasteiger partial charge < -0.3 is 14.3 Å². The summed E-state index contributed by atoms with van der Waals surface area (Å²) in [4.78, 5) is 9.17. The van der Waals surface area contributed by atoms with Gasteiger partial charge in [-0.25, -0.2) is 0 Å². The zero-order chi connectivity index (χ0) is 22.8. The topological polar surface area (TPSA) is 35.5 Å². The molecule has 3 heteroatoms. The summed E-state index contributed by atoms with van der Waals surface area (Å²) >= 11 is 0. The van der Waals surface area contributed by atoms with Crippen molar-refractivity contribution in [3.05, 3.63) is 23.8 Å². The summed E-state index contributed by atoms with van der Waals surface area (Å²) in [5.41, 5.74) is 1.26. The summed E-state index contributed by atoms with van der Waals surface area (Å²) in [6.45, 7) is 19.0. The lowest BCUT2D eigenvalue weighted by Gasteiger charge is -2.07. The maximum atomic E-state index is 9.17. The molecule has 3 nitrogen and oxygen atoms in total. The molecular weight excluding hydrogens is 348 g/mol. The molecule has 0 N–H and O–H groups in total. The average molecular weight is 399 g/mol. The van der Waals surface area contributed by atoms with Crippen molar-refractivity contribution in [3.63, 3.8) is 0 Å². The molecule has 0 unspecified atom stereocenters. The maximum Gasteiger partial charge on any atom is 0.160 e. The van der Waals surface area contributed by atoms with Gasteiger partial charge in [0.15, 0.2) is 11.5 Å². The number of carbonyl (C=O) groups is 1. The normalized spacial score (nSPS) is 8.43. The molecule has 168 valence electrons. The third-order valence-electron chi connectivity index (χ3n) is 3.55. The summed E-state index contributed by atoms with van der Waals surface area (Å²) in [5, 5.41) is 0. The number of methoxy groups -OCH3 is 2. The van der Waals surface area contributed by atoms with Crippen molar-refractivity contribution < 1.29 is 14.3 Å². The molecule has 0 aliphatic carbocycles. The van der Waals surface area contributed by atoms with Crippen LogP contribution in [0.3, 0.4) is 0 Å². The van der Waals surface area contributed by atoms with Crippen LogP contribution in [-0.2, 0) is 11.2 Å². The summed E-state index contributed by atoms with van der Waals surface area (Å²) in [6.07, 6.45) is 7.91. The van der Waals surface area contributed by atoms with Gasteiger partial charge in [-0.2, -0.15) is 0 Å². The second-order valence-electron chi connectivity index (χ2n) is 6.27. The first-order valence-electron chi connectivity index (χ1n) is 11.1. The standard InChI is InChI=1S/C10H14O2.2C5H12.C3H6O.C2H6/c1-4-8-5-6-9(11-2)10(7-8)12-3;1-4-5(2)3;1-3-5-4-2;1-2-3-4;1-2/h5-7H,4H2,1-3H3;5H,4H2,1-3H3;3-5H2,1-2H3;3H,2H2,1H3;1-2H3. The van der Waals surface area contributed by atoms with Crippen molar-refractivity contribution in [1.29, 1.82) is 0 Å². The van der Waals surface area contributed by atoms with Crippen LogP contribution in [0.25, 0.3) is 0 Å². The minimum Gasteiger partial charge on any atom is -0.493 e. The molecule has 1 aromatic carbocycles. The Balaban J connectivity index is -0.000000151. The fraction of sp³-hybridized carbons (Fsp3) is 0.720. The number of hydrogen-bond acceptors (Lipinski definition) is 3. The number of aryl methyl sites for hydroxylation is 1. The van der Waals surface area contributed by atoms with E-state index in [2.05, 4.69) is 41.5 Å². The van der Waals surface area contributed by atoms with E-state index < -0.39 is 0 Å². The third kappa shape index (κ3) is 26.7. The Labute approximate surface area is 177 Å². The van der Waals surface area contributed by atoms with Gasteiger partial charge in [0.25, 0.3) is 0 Å². The molecule has 0 spiro atoms. The van der Waals surface area contributed by atoms with E-state index >= 15 is 0 Å². The molecule has 0 bridgehead atoms. The highest BCUT2D eigenvalue weighted by Gasteiger charge is 2.02. The Kier molecular flexibility index (Phi) is 36.7. The van der Waals surface area contributed by atoms with Crippen LogP contribution in [0.4, 0.5) is 0 Å². The largest absolute Gasteiger partial charge is 0.493 e. The van der Waals surface area contributed by atoms with Crippen molar-refractivity contribution >= 4 is 6.29 Å². The average Bonchev–Trinajstić information content (AvgIpc) is 2.76. The van der Waals surface area contributed by atoms with Crippen molar-refractivity contribution in [1.82, 2.24) is 0 Å². The second-order valence-corrected chi connectivity index (χ2v) is 6.27. The number of benzene rings is 1. The molecule has 0 saturated heterocycles. The van der Waals surface area contributed by atoms with Crippen LogP contribution >= 0.6 is 0 Å². The van der Waals surface area contributed by atoms with Crippen molar-refractivity contribution in [2.75, 3.05) is 14.2 Å². The van der Waals surface area contributed by atoms with Gasteiger partial charge in [0, 0.05) is 6.42 Å². The summed E-state index contributed by atoms with van der Waals surface area (Å²) in [7, 11) is 3.29. The van der Waals surface area contributed by atoms with Crippen LogP contribution in [0.15, 0.2) is 18.2 Å². The zero-order valence-corrected chi connectivity index (χ0v) is 20.9. The Morgan fingerprint density at radius 3 is 1.54 bits per heavy atom. The number of hydrogen-bond donors (Lipinski definition) is 0. The third-order valence-corrected chi connectivity index (χ3v) is 3.55. The van der Waals surface area contributed by atoms with E-state index in [-0.39, 0.29) is 0 Å². The molecule has 1 rings (SSSR count). The van der Waals surface area contributed by atoms with Gasteiger partial charge >= 0.3 is 0 Å². The Bertz CT molecular complexity index is 399. The van der Waals surface area contributed by atoms with Gasteiger partial charge in [-0.1, -0.05) is 94.1 Å². The highest BCUT2D eigenvalue weighted by molar-refractivity contribution is 5.48. The van der Waals surface area contributed by atoms with Gasteiger partial charge in [0.05, 0.1) is 14.2 Å². The van der Waals surface area contributed by atoms with Gasteiger partial charge in [-0.05, 0) is 30.0 Å². The minimum atomic E-state index is 0.639. The molecule has 0 aliphatic rings. The molecule has 0 aromatic heterocycles. The Hall–Kier alpha value is -1.51. The molecular formula is C25H50O3. The first kappa shape index (κ1) is 34.0. The highest BCUT2D eigenvalue weighted by Crippen LogP contribution is 2.27. The molecule has 0 aliphatic heterocycles. The number of rotatable bonds is 7. The molecule has 0 radical (unpaired) electrons. The lowest BCUT2D eigenvalue weighted by molar-refractivity contribution is -0.107. The monoisotopic (exact) mass is 398 g/mol. The van der Waals surface area contributed by atoms with Crippen molar-refractivity contribution in [3.8, 4) is 11.5 Å². The van der Waals surface area contributed by atoms with Gasteiger partial charge in [0.1, 0.15) is 6.29 Å². The fourth-order valence-corrected chi connectivity index (χ4v) is 1.45. The number of ether oxygens (including phenoxy) is 2. The van der Waals surface area contributed by atoms with E-state index in [4.69, 9.17) is 9.47 Å². The first-order valence-corrected chi connectivity index (χ1v) is 11.1. The molecule has 0 fully saturated rings. The van der Waals surface area contributed by atoms with Crippen molar-refractivity contribution in [2.24, 2.45) is 5.92 Å². The van der Waals surface area contributed by atoms with E-state index in [0.29, 0.717) is 6.42 Å². The van der Waals surface area contributed by atoms with E-state index in [9.17, 15) is 4.79 Å². The lowest BCUT2D eigenvalue weighted by Crippen LogP contribution is -1.91. The molecule has 0 saturated carbocycles. The summed E-state index contributed by atoms with van der Waals surface area (Å²) < 4.78 is 10.3. The quantitative estimate of drug-likeness (QED) is 0.435. The zero-order valence-electron chi connectivity index (χ0n) is 20.9. The first-order chi connectivity index (χ1) is 13.4. The molecule has 0 atom stereocenters. The van der Waals surface area contributed by atoms with Crippen LogP contribution in [0.2, 0.25) is 0 Å². The number of unbranched alkanes of at least 4 members (excludes halogenated alkanes) is 2. The smallest absolute Gasteiger partial charge is 0.160 e. The van der Waals surface area contributed by atoms with Crippen LogP contribution in [0.1, 0.15) is 100.0 Å². The molecule has 0 amide bonds. The van der Waals surface area contributed by atoms with Gasteiger partial charge in [-0.3, -0.25) is 0 Å². The van der Waals surface area contributed by atoms with E-state index in [0.717, 1.165) is 30.1 Å². The number of carbonyl (C=O) groups excluding carboxylic acids is 1. The highest BCUT2D eigenvalue weighted by atomic mass is 16.5. The predicted molar refractivity (Wildman–Crippen MR) is 127 cm³/mol. The summed E-state index contributed by atoms with van der Waals surface area (Å²) in [6, 6.07) is 5.97. The van der Waals surface area contributed by atoms with Crippen LogP contribution in [-0.4, -0.2) is 20.5 Å². The van der Waals surface area contributed by atoms with E-state index in [1.165, 1.54) is 31.2 Å². The predicted octanol–water partition coefficient (Wildman–Crippen LogP) is 8.14. The SMILES string of the molecule is CC.CCC(C)C.CCC=O.CCCCC.CCc1ccc(OC)c(OC)c1. The molecule has 0 heterocycles. The molecule has 28 heavy (non-hydrogen) atoms. The van der Waals surface area contributed by atoms with Crippen LogP contribution < -0.4 is 9.47 Å². The molecule has 1 aromatic rings. The van der Waals surface area contributed by atoms with Crippen molar-refractivity contribution in [2.45, 2.75) is 101 Å². The number of aldehydes is 1. The maximum absolute atomic E-state index is 9.17. The second kappa shape index (κ2) is 30.2. The van der Waals surface area contributed by atoms with Gasteiger partial charge in [0.2, 0.25) is 0 Å². The van der Waals surface area contributed by atoms with E-state index in [1.807, 2.05) is 39.0 Å². The Morgan fingerprint density at radius 1 is 0.893 bits per heavy atom. The van der Waals surface area contributed by atoms with Crippen LogP contribution in [0, 0.1) is 5.92 Å². The lowest BCUT2D eigenvalue weighted by atomic mass is 10.1. The minimum absolute atomic E-state index is 0.639. The van der Waals surface area contributed by atoms with E-state index in [1.54, 1.807) is 14.2 Å². The van der Waals surface area contributed by atoms with Gasteiger partial charge in [-0.15, -0.1) is 0 Å². The van der Waals surface area contributed by atoms with Crippen LogP contribution in [0.5, 0.6) is 11.5 Å².